The molecule has 0 atom stereocenters. The van der Waals surface area contributed by atoms with Crippen LogP contribution in [0.5, 0.6) is 0 Å². The van der Waals surface area contributed by atoms with E-state index in [1.165, 1.54) is 12.4 Å². The summed E-state index contributed by atoms with van der Waals surface area (Å²) in [7, 11) is 0. The largest absolute Gasteiger partial charge is 0.383 e. The zero-order chi connectivity index (χ0) is 18.1. The van der Waals surface area contributed by atoms with Crippen molar-refractivity contribution >= 4 is 39.4 Å². The van der Waals surface area contributed by atoms with E-state index in [9.17, 15) is 4.79 Å². The van der Waals surface area contributed by atoms with Crippen LogP contribution in [0.4, 0.5) is 5.82 Å². The van der Waals surface area contributed by atoms with Crippen molar-refractivity contribution in [3.8, 4) is 6.07 Å². The minimum absolute atomic E-state index is 0.0695. The number of benzene rings is 1. The second-order valence-corrected chi connectivity index (χ2v) is 7.07. The predicted molar refractivity (Wildman–Crippen MR) is 101 cm³/mol. The molecule has 0 aliphatic carbocycles. The molecular weight excluding hydrogens is 346 g/mol. The Morgan fingerprint density at radius 2 is 2.19 bits per heavy atom. The highest BCUT2D eigenvalue weighted by Crippen LogP contribution is 2.36. The second kappa shape index (κ2) is 6.58. The van der Waals surface area contributed by atoms with Gasteiger partial charge in [0.2, 0.25) is 5.91 Å². The first kappa shape index (κ1) is 16.2. The van der Waals surface area contributed by atoms with Crippen molar-refractivity contribution in [1.29, 1.82) is 5.26 Å². The molecule has 7 heteroatoms. The van der Waals surface area contributed by atoms with Gasteiger partial charge in [0.1, 0.15) is 17.0 Å². The zero-order valence-electron chi connectivity index (χ0n) is 13.8. The van der Waals surface area contributed by atoms with Crippen molar-refractivity contribution < 1.29 is 4.79 Å². The normalized spacial score (nSPS) is 13.7. The number of carbonyl (C=O) groups is 1. The van der Waals surface area contributed by atoms with Gasteiger partial charge >= 0.3 is 0 Å². The third kappa shape index (κ3) is 2.80. The molecule has 0 radical (unpaired) electrons. The lowest BCUT2D eigenvalue weighted by molar-refractivity contribution is -0.126. The van der Waals surface area contributed by atoms with Crippen molar-refractivity contribution in [2.75, 3.05) is 12.3 Å². The summed E-state index contributed by atoms with van der Waals surface area (Å²) in [5.74, 6) is 0.431. The Hall–Kier alpha value is -3.24. The van der Waals surface area contributed by atoms with Gasteiger partial charge in [0.05, 0.1) is 23.6 Å². The van der Waals surface area contributed by atoms with Crippen molar-refractivity contribution in [3.63, 3.8) is 0 Å². The van der Waals surface area contributed by atoms with Crippen molar-refractivity contribution in [2.24, 2.45) is 0 Å². The molecule has 1 aliphatic rings. The predicted octanol–water partition coefficient (Wildman–Crippen LogP) is 2.74. The Morgan fingerprint density at radius 1 is 1.35 bits per heavy atom. The number of fused-ring (bicyclic) bond motifs is 3. The van der Waals surface area contributed by atoms with Crippen LogP contribution in [0.2, 0.25) is 0 Å². The van der Waals surface area contributed by atoms with E-state index >= 15 is 0 Å². The summed E-state index contributed by atoms with van der Waals surface area (Å²) in [5.41, 5.74) is 8.45. The molecule has 1 aliphatic heterocycles. The van der Waals surface area contributed by atoms with E-state index in [1.54, 1.807) is 34.4 Å². The second-order valence-electron chi connectivity index (χ2n) is 5.99. The number of aromatic nitrogens is 2. The molecule has 128 valence electrons. The smallest absolute Gasteiger partial charge is 0.246 e. The van der Waals surface area contributed by atoms with Crippen LogP contribution in [0.1, 0.15) is 21.6 Å². The van der Waals surface area contributed by atoms with Crippen LogP contribution < -0.4 is 5.73 Å². The Kier molecular flexibility index (Phi) is 4.11. The molecule has 4 rings (SSSR count). The fourth-order valence-electron chi connectivity index (χ4n) is 3.15. The van der Waals surface area contributed by atoms with E-state index in [4.69, 9.17) is 11.0 Å². The lowest BCUT2D eigenvalue weighted by Gasteiger charge is -2.26. The van der Waals surface area contributed by atoms with Crippen LogP contribution in [0.25, 0.3) is 16.3 Å². The maximum atomic E-state index is 12.6. The number of nitrogens with two attached hydrogens (primary N) is 1. The summed E-state index contributed by atoms with van der Waals surface area (Å²) in [5, 5.41) is 10.1. The molecule has 1 aromatic carbocycles. The third-order valence-electron chi connectivity index (χ3n) is 4.46. The van der Waals surface area contributed by atoms with Gasteiger partial charge in [0.25, 0.3) is 0 Å². The number of anilines is 1. The summed E-state index contributed by atoms with van der Waals surface area (Å²) in [4.78, 5) is 24.7. The molecule has 3 aromatic rings. The number of nitrogen functional groups attached to an aromatic ring is 1. The minimum atomic E-state index is -0.0695. The Morgan fingerprint density at radius 3 is 3.04 bits per heavy atom. The van der Waals surface area contributed by atoms with Crippen molar-refractivity contribution in [1.82, 2.24) is 14.9 Å². The van der Waals surface area contributed by atoms with Gasteiger partial charge in [-0.05, 0) is 29.7 Å². The van der Waals surface area contributed by atoms with E-state index in [0.29, 0.717) is 24.5 Å². The molecule has 0 spiro atoms. The molecule has 0 saturated carbocycles. The summed E-state index contributed by atoms with van der Waals surface area (Å²) in [6.07, 6.45) is 5.44. The van der Waals surface area contributed by atoms with Gasteiger partial charge < -0.3 is 10.6 Å². The van der Waals surface area contributed by atoms with Gasteiger partial charge in [-0.1, -0.05) is 18.2 Å². The fourth-order valence-corrected chi connectivity index (χ4v) is 4.36. The number of amides is 1. The average molecular weight is 361 g/mol. The SMILES string of the molecule is N#Cc1ccccc1/C=C/C(=O)N1CCc2c(sc3ncnc(N)c23)C1. The minimum Gasteiger partial charge on any atom is -0.383 e. The van der Waals surface area contributed by atoms with Crippen molar-refractivity contribution in [2.45, 2.75) is 13.0 Å². The van der Waals surface area contributed by atoms with Gasteiger partial charge in [0, 0.05) is 17.5 Å². The number of rotatable bonds is 2. The van der Waals surface area contributed by atoms with Gasteiger partial charge in [-0.2, -0.15) is 5.26 Å². The highest BCUT2D eigenvalue weighted by atomic mass is 32.1. The maximum absolute atomic E-state index is 12.6. The van der Waals surface area contributed by atoms with E-state index in [2.05, 4.69) is 16.0 Å². The molecule has 0 bridgehead atoms. The summed E-state index contributed by atoms with van der Waals surface area (Å²) >= 11 is 1.56. The molecule has 0 fully saturated rings. The number of nitrogens with zero attached hydrogens (tertiary/aromatic N) is 4. The number of carbonyl (C=O) groups excluding carboxylic acids is 1. The molecule has 2 N–H and O–H groups in total. The number of hydrogen-bond acceptors (Lipinski definition) is 6. The topological polar surface area (TPSA) is 95.9 Å². The van der Waals surface area contributed by atoms with E-state index in [0.717, 1.165) is 32.6 Å². The summed E-state index contributed by atoms with van der Waals surface area (Å²) < 4.78 is 0. The molecule has 26 heavy (non-hydrogen) atoms. The van der Waals surface area contributed by atoms with Gasteiger partial charge in [-0.15, -0.1) is 11.3 Å². The lowest BCUT2D eigenvalue weighted by atomic mass is 10.0. The summed E-state index contributed by atoms with van der Waals surface area (Å²) in [6, 6.07) is 9.35. The van der Waals surface area contributed by atoms with E-state index < -0.39 is 0 Å². The molecule has 6 nitrogen and oxygen atoms in total. The molecule has 0 unspecified atom stereocenters. The highest BCUT2D eigenvalue weighted by molar-refractivity contribution is 7.19. The number of nitriles is 1. The standard InChI is InChI=1S/C19H15N5OS/c20-9-13-4-2-1-3-12(13)5-6-16(25)24-8-7-14-15(10-24)26-19-17(14)18(21)22-11-23-19/h1-6,11H,7-8,10H2,(H2,21,22,23)/b6-5+. The fraction of sp³-hybridized carbons (Fsp3) is 0.158. The average Bonchev–Trinajstić information content (AvgIpc) is 3.05. The first-order valence-electron chi connectivity index (χ1n) is 8.14. The molecular formula is C19H15N5OS. The first-order valence-corrected chi connectivity index (χ1v) is 8.96. The third-order valence-corrected chi connectivity index (χ3v) is 5.59. The number of thiophene rings is 1. The van der Waals surface area contributed by atoms with Crippen LogP contribution >= 0.6 is 11.3 Å². The quantitative estimate of drug-likeness (QED) is 0.708. The van der Waals surface area contributed by atoms with Crippen LogP contribution in [0.3, 0.4) is 0 Å². The monoisotopic (exact) mass is 361 g/mol. The van der Waals surface area contributed by atoms with Crippen LogP contribution in [0, 0.1) is 11.3 Å². The van der Waals surface area contributed by atoms with Gasteiger partial charge in [-0.25, -0.2) is 9.97 Å². The Labute approximate surface area is 154 Å². The number of hydrogen-bond donors (Lipinski definition) is 1. The van der Waals surface area contributed by atoms with Crippen LogP contribution in [0.15, 0.2) is 36.7 Å². The van der Waals surface area contributed by atoms with Crippen LogP contribution in [-0.4, -0.2) is 27.3 Å². The van der Waals surface area contributed by atoms with E-state index in [-0.39, 0.29) is 5.91 Å². The highest BCUT2D eigenvalue weighted by Gasteiger charge is 2.24. The zero-order valence-corrected chi connectivity index (χ0v) is 14.7. The summed E-state index contributed by atoms with van der Waals surface area (Å²) in [6.45, 7) is 1.16. The Balaban J connectivity index is 1.56. The Bertz CT molecular complexity index is 1080. The molecule has 3 heterocycles. The van der Waals surface area contributed by atoms with Crippen LogP contribution in [-0.2, 0) is 17.8 Å². The van der Waals surface area contributed by atoms with Gasteiger partial charge in [0.15, 0.2) is 0 Å². The molecule has 0 saturated heterocycles. The van der Waals surface area contributed by atoms with Crippen molar-refractivity contribution in [3.05, 3.63) is 58.2 Å². The maximum Gasteiger partial charge on any atom is 0.246 e. The van der Waals surface area contributed by atoms with E-state index in [1.807, 2.05) is 12.1 Å². The molecule has 1 amide bonds. The first-order chi connectivity index (χ1) is 12.7. The lowest BCUT2D eigenvalue weighted by Crippen LogP contribution is -2.34. The molecule has 2 aromatic heterocycles. The van der Waals surface area contributed by atoms with Gasteiger partial charge in [-0.3, -0.25) is 4.79 Å².